The number of hydrogen-bond acceptors (Lipinski definition) is 5. The van der Waals surface area contributed by atoms with Gasteiger partial charge in [-0.3, -0.25) is 14.3 Å². The summed E-state index contributed by atoms with van der Waals surface area (Å²) in [4.78, 5) is 28.9. The summed E-state index contributed by atoms with van der Waals surface area (Å²) in [5, 5.41) is 0. The fraction of sp³-hybridized carbons (Fsp3) is 0.765. The van der Waals surface area contributed by atoms with Gasteiger partial charge in [-0.05, 0) is 24.7 Å². The Kier molecular flexibility index (Phi) is 8.04. The van der Waals surface area contributed by atoms with Crippen molar-refractivity contribution in [2.75, 3.05) is 37.4 Å². The number of aromatic amines is 1. The molecule has 0 fully saturated rings. The molecule has 1 heterocycles. The van der Waals surface area contributed by atoms with E-state index in [-0.39, 0.29) is 11.7 Å². The topological polar surface area (TPSA) is 93.3 Å². The normalized spacial score (nSPS) is 11.5. The molecule has 0 saturated heterocycles. The quantitative estimate of drug-likeness (QED) is 0.632. The van der Waals surface area contributed by atoms with Crippen LogP contribution in [0.4, 0.5) is 11.5 Å². The predicted molar refractivity (Wildman–Crippen MR) is 98.7 cm³/mol. The molecule has 3 N–H and O–H groups in total. The van der Waals surface area contributed by atoms with Crippen molar-refractivity contribution < 1.29 is 4.74 Å². The Morgan fingerprint density at radius 1 is 1.17 bits per heavy atom. The zero-order chi connectivity index (χ0) is 18.3. The van der Waals surface area contributed by atoms with Crippen molar-refractivity contribution in [3.8, 4) is 0 Å². The van der Waals surface area contributed by atoms with Gasteiger partial charge in [-0.1, -0.05) is 27.7 Å². The number of ether oxygens (including phenoxy) is 1. The Bertz CT molecular complexity index is 619. The molecule has 0 spiro atoms. The third-order valence-electron chi connectivity index (χ3n) is 3.83. The summed E-state index contributed by atoms with van der Waals surface area (Å²) in [5.41, 5.74) is 5.74. The molecule has 0 aliphatic rings. The first-order valence-corrected chi connectivity index (χ1v) is 8.64. The zero-order valence-electron chi connectivity index (χ0n) is 15.6. The van der Waals surface area contributed by atoms with Crippen LogP contribution >= 0.6 is 0 Å². The van der Waals surface area contributed by atoms with Gasteiger partial charge < -0.3 is 15.4 Å². The SMILES string of the molecule is COCCCN(CCC(C)C)c1c(N)n(CC(C)C)c(=O)[nH]c1=O. The van der Waals surface area contributed by atoms with Gasteiger partial charge in [0.1, 0.15) is 11.5 Å². The van der Waals surface area contributed by atoms with Crippen molar-refractivity contribution in [2.45, 2.75) is 47.1 Å². The molecule has 0 aromatic carbocycles. The summed E-state index contributed by atoms with van der Waals surface area (Å²) >= 11 is 0. The van der Waals surface area contributed by atoms with Crippen LogP contribution in [0.2, 0.25) is 0 Å². The molecule has 0 unspecified atom stereocenters. The Morgan fingerprint density at radius 2 is 1.83 bits per heavy atom. The molecule has 1 aromatic heterocycles. The van der Waals surface area contributed by atoms with E-state index in [0.29, 0.717) is 37.8 Å². The van der Waals surface area contributed by atoms with Gasteiger partial charge in [0.2, 0.25) is 0 Å². The van der Waals surface area contributed by atoms with E-state index in [1.165, 1.54) is 4.57 Å². The predicted octanol–water partition coefficient (Wildman–Crippen LogP) is 1.66. The van der Waals surface area contributed by atoms with Crippen molar-refractivity contribution in [1.82, 2.24) is 9.55 Å². The van der Waals surface area contributed by atoms with Gasteiger partial charge in [0.25, 0.3) is 5.56 Å². The van der Waals surface area contributed by atoms with E-state index in [4.69, 9.17) is 10.5 Å². The highest BCUT2D eigenvalue weighted by atomic mass is 16.5. The van der Waals surface area contributed by atoms with Gasteiger partial charge in [-0.2, -0.15) is 0 Å². The molecule has 7 nitrogen and oxygen atoms in total. The second kappa shape index (κ2) is 9.52. The average molecular weight is 340 g/mol. The lowest BCUT2D eigenvalue weighted by atomic mass is 10.1. The first kappa shape index (κ1) is 20.3. The van der Waals surface area contributed by atoms with Crippen LogP contribution in [-0.4, -0.2) is 36.4 Å². The highest BCUT2D eigenvalue weighted by molar-refractivity contribution is 5.62. The molecule has 138 valence electrons. The number of nitrogens with zero attached hydrogens (tertiary/aromatic N) is 2. The van der Waals surface area contributed by atoms with Gasteiger partial charge in [0, 0.05) is 33.4 Å². The maximum absolute atomic E-state index is 12.4. The molecule has 0 atom stereocenters. The van der Waals surface area contributed by atoms with Gasteiger partial charge in [0.15, 0.2) is 0 Å². The number of nitrogen functional groups attached to an aromatic ring is 1. The van der Waals surface area contributed by atoms with Crippen LogP contribution in [0.5, 0.6) is 0 Å². The molecule has 0 amide bonds. The van der Waals surface area contributed by atoms with Crippen LogP contribution in [-0.2, 0) is 11.3 Å². The number of rotatable bonds is 10. The van der Waals surface area contributed by atoms with Crippen LogP contribution in [0.3, 0.4) is 0 Å². The van der Waals surface area contributed by atoms with Crippen molar-refractivity contribution in [3.05, 3.63) is 20.8 Å². The highest BCUT2D eigenvalue weighted by Gasteiger charge is 2.19. The first-order chi connectivity index (χ1) is 11.3. The second-order valence-corrected chi connectivity index (χ2v) is 7.01. The van der Waals surface area contributed by atoms with E-state index in [1.807, 2.05) is 18.7 Å². The Labute approximate surface area is 143 Å². The molecule has 1 rings (SSSR count). The van der Waals surface area contributed by atoms with E-state index >= 15 is 0 Å². The molecule has 7 heteroatoms. The number of aromatic nitrogens is 2. The molecular weight excluding hydrogens is 308 g/mol. The third kappa shape index (κ3) is 5.70. The maximum atomic E-state index is 12.4. The lowest BCUT2D eigenvalue weighted by Gasteiger charge is -2.27. The zero-order valence-corrected chi connectivity index (χ0v) is 15.6. The standard InChI is InChI=1S/C17H32N4O3/c1-12(2)7-9-20(8-6-10-24-5)14-15(18)21(11-13(3)4)17(23)19-16(14)22/h12-13H,6-11,18H2,1-5H3,(H,19,22,23). The Balaban J connectivity index is 3.23. The van der Waals surface area contributed by atoms with E-state index in [9.17, 15) is 9.59 Å². The summed E-state index contributed by atoms with van der Waals surface area (Å²) in [6, 6.07) is 0. The summed E-state index contributed by atoms with van der Waals surface area (Å²) in [6.45, 7) is 10.8. The molecule has 24 heavy (non-hydrogen) atoms. The Hall–Kier alpha value is -1.76. The number of methoxy groups -OCH3 is 1. The van der Waals surface area contributed by atoms with Crippen LogP contribution in [0.25, 0.3) is 0 Å². The van der Waals surface area contributed by atoms with Gasteiger partial charge in [-0.15, -0.1) is 0 Å². The van der Waals surface area contributed by atoms with Crippen molar-refractivity contribution in [3.63, 3.8) is 0 Å². The molecular formula is C17H32N4O3. The number of nitrogens with one attached hydrogen (secondary N) is 1. The molecule has 0 radical (unpaired) electrons. The number of nitrogens with two attached hydrogens (primary N) is 1. The summed E-state index contributed by atoms with van der Waals surface area (Å²) in [6.07, 6.45) is 1.73. The molecule has 0 aliphatic heterocycles. The smallest absolute Gasteiger partial charge is 0.330 e. The molecule has 1 aromatic rings. The van der Waals surface area contributed by atoms with Crippen molar-refractivity contribution in [1.29, 1.82) is 0 Å². The van der Waals surface area contributed by atoms with Crippen molar-refractivity contribution >= 4 is 11.5 Å². The molecule has 0 bridgehead atoms. The van der Waals surface area contributed by atoms with Gasteiger partial charge in [0.05, 0.1) is 0 Å². The second-order valence-electron chi connectivity index (χ2n) is 7.01. The van der Waals surface area contributed by atoms with Gasteiger partial charge in [-0.25, -0.2) is 4.79 Å². The number of H-pyrrole nitrogens is 1. The van der Waals surface area contributed by atoms with E-state index in [2.05, 4.69) is 18.8 Å². The lowest BCUT2D eigenvalue weighted by molar-refractivity contribution is 0.196. The van der Waals surface area contributed by atoms with E-state index in [0.717, 1.165) is 12.8 Å². The average Bonchev–Trinajstić information content (AvgIpc) is 2.48. The Morgan fingerprint density at radius 3 is 2.38 bits per heavy atom. The maximum Gasteiger partial charge on any atom is 0.330 e. The van der Waals surface area contributed by atoms with E-state index in [1.54, 1.807) is 7.11 Å². The summed E-state index contributed by atoms with van der Waals surface area (Å²) < 4.78 is 6.57. The monoisotopic (exact) mass is 340 g/mol. The largest absolute Gasteiger partial charge is 0.385 e. The van der Waals surface area contributed by atoms with Crippen LogP contribution in [0, 0.1) is 11.8 Å². The third-order valence-corrected chi connectivity index (χ3v) is 3.83. The minimum absolute atomic E-state index is 0.249. The molecule has 0 aliphatic carbocycles. The number of hydrogen-bond donors (Lipinski definition) is 2. The first-order valence-electron chi connectivity index (χ1n) is 8.64. The van der Waals surface area contributed by atoms with Crippen LogP contribution in [0.1, 0.15) is 40.5 Å². The van der Waals surface area contributed by atoms with Crippen molar-refractivity contribution in [2.24, 2.45) is 11.8 Å². The van der Waals surface area contributed by atoms with Gasteiger partial charge >= 0.3 is 5.69 Å². The molecule has 0 saturated carbocycles. The minimum atomic E-state index is -0.448. The fourth-order valence-electron chi connectivity index (χ4n) is 2.58. The van der Waals surface area contributed by atoms with Crippen LogP contribution < -0.4 is 21.9 Å². The number of anilines is 2. The summed E-state index contributed by atoms with van der Waals surface area (Å²) in [5.74, 6) is 1.01. The lowest BCUT2D eigenvalue weighted by Crippen LogP contribution is -2.40. The van der Waals surface area contributed by atoms with Crippen LogP contribution in [0.15, 0.2) is 9.59 Å². The van der Waals surface area contributed by atoms with E-state index < -0.39 is 11.2 Å². The fourth-order valence-corrected chi connectivity index (χ4v) is 2.58. The highest BCUT2D eigenvalue weighted by Crippen LogP contribution is 2.19. The summed E-state index contributed by atoms with van der Waals surface area (Å²) in [7, 11) is 1.66. The minimum Gasteiger partial charge on any atom is -0.385 e.